The maximum atomic E-state index is 13.0. The molecule has 0 saturated heterocycles. The Morgan fingerprint density at radius 1 is 1.06 bits per heavy atom. The number of alkyl halides is 3. The third kappa shape index (κ3) is 1.75. The van der Waals surface area contributed by atoms with E-state index in [2.05, 4.69) is 4.98 Å². The van der Waals surface area contributed by atoms with Crippen LogP contribution in [0, 0.1) is 5.82 Å². The fourth-order valence-electron chi connectivity index (χ4n) is 1.49. The third-order valence-electron chi connectivity index (χ3n) is 2.18. The van der Waals surface area contributed by atoms with E-state index >= 15 is 0 Å². The number of pyridine rings is 1. The molecule has 0 amide bonds. The van der Waals surface area contributed by atoms with E-state index in [1.165, 1.54) is 6.20 Å². The Kier molecular flexibility index (Phi) is 2.37. The number of benzene rings is 1. The van der Waals surface area contributed by atoms with Crippen molar-refractivity contribution in [2.75, 3.05) is 0 Å². The van der Waals surface area contributed by atoms with Crippen LogP contribution in [-0.4, -0.2) is 12.8 Å². The molecule has 0 unspecified atom stereocenters. The van der Waals surface area contributed by atoms with E-state index < -0.39 is 17.6 Å². The van der Waals surface area contributed by atoms with Crippen LogP contribution in [0.4, 0.5) is 17.6 Å². The molecule has 1 aromatic heterocycles. The molecule has 0 N–H and O–H groups in total. The molecule has 0 aliphatic heterocycles. The standard InChI is InChI=1S/C10H4BF4N/c11-9-4-16-3-7-6(9)1-5(12)2-8(7)10(13,14)15/h1-4H. The smallest absolute Gasteiger partial charge is 0.265 e. The molecule has 0 fully saturated rings. The van der Waals surface area contributed by atoms with Crippen LogP contribution in [0.5, 0.6) is 0 Å². The van der Waals surface area contributed by atoms with Crippen molar-refractivity contribution in [2.45, 2.75) is 6.18 Å². The zero-order valence-corrected chi connectivity index (χ0v) is 7.85. The second-order valence-electron chi connectivity index (χ2n) is 3.27. The Morgan fingerprint density at radius 3 is 2.38 bits per heavy atom. The summed E-state index contributed by atoms with van der Waals surface area (Å²) in [5.41, 5.74) is -1.05. The van der Waals surface area contributed by atoms with Crippen LogP contribution >= 0.6 is 0 Å². The Morgan fingerprint density at radius 2 is 1.75 bits per heavy atom. The van der Waals surface area contributed by atoms with Gasteiger partial charge in [0, 0.05) is 17.8 Å². The molecule has 1 nitrogen and oxygen atoms in total. The summed E-state index contributed by atoms with van der Waals surface area (Å²) in [6.45, 7) is 0. The first-order valence-corrected chi connectivity index (χ1v) is 4.29. The van der Waals surface area contributed by atoms with Crippen LogP contribution in [0.1, 0.15) is 5.56 Å². The number of fused-ring (bicyclic) bond motifs is 1. The van der Waals surface area contributed by atoms with Crippen molar-refractivity contribution in [1.82, 2.24) is 4.98 Å². The minimum Gasteiger partial charge on any atom is -0.265 e. The summed E-state index contributed by atoms with van der Waals surface area (Å²) in [6, 6.07) is 1.39. The lowest BCUT2D eigenvalue weighted by atomic mass is 9.91. The Hall–Kier alpha value is -1.59. The van der Waals surface area contributed by atoms with E-state index in [1.54, 1.807) is 0 Å². The van der Waals surface area contributed by atoms with Crippen molar-refractivity contribution >= 4 is 24.1 Å². The summed E-state index contributed by atoms with van der Waals surface area (Å²) in [6.07, 6.45) is -2.42. The molecule has 0 atom stereocenters. The number of aromatic nitrogens is 1. The zero-order chi connectivity index (χ0) is 11.9. The van der Waals surface area contributed by atoms with Gasteiger partial charge in [-0.3, -0.25) is 4.98 Å². The lowest BCUT2D eigenvalue weighted by Crippen LogP contribution is -2.11. The number of halogens is 4. The second kappa shape index (κ2) is 3.47. The SMILES string of the molecule is [B]c1cncc2c(C(F)(F)F)cc(F)cc12. The summed E-state index contributed by atoms with van der Waals surface area (Å²) >= 11 is 0. The first-order valence-electron chi connectivity index (χ1n) is 4.29. The average Bonchev–Trinajstić information content (AvgIpc) is 2.17. The molecule has 2 rings (SSSR count). The topological polar surface area (TPSA) is 12.9 Å². The summed E-state index contributed by atoms with van der Waals surface area (Å²) in [7, 11) is 5.44. The molecule has 0 bridgehead atoms. The first kappa shape index (κ1) is 10.9. The number of hydrogen-bond donors (Lipinski definition) is 0. The minimum atomic E-state index is -4.63. The highest BCUT2D eigenvalue weighted by Crippen LogP contribution is 2.34. The van der Waals surface area contributed by atoms with Crippen LogP contribution in [0.3, 0.4) is 0 Å². The highest BCUT2D eigenvalue weighted by molar-refractivity contribution is 6.38. The van der Waals surface area contributed by atoms with Crippen LogP contribution in [0.15, 0.2) is 24.5 Å². The second-order valence-corrected chi connectivity index (χ2v) is 3.27. The van der Waals surface area contributed by atoms with E-state index in [1.807, 2.05) is 0 Å². The van der Waals surface area contributed by atoms with Crippen LogP contribution in [-0.2, 0) is 6.18 Å². The summed E-state index contributed by atoms with van der Waals surface area (Å²) in [5.74, 6) is -0.974. The normalized spacial score (nSPS) is 12.0. The van der Waals surface area contributed by atoms with Gasteiger partial charge in [0.05, 0.1) is 5.56 Å². The molecule has 0 aliphatic rings. The molecule has 0 spiro atoms. The van der Waals surface area contributed by atoms with Gasteiger partial charge >= 0.3 is 6.18 Å². The predicted octanol–water partition coefficient (Wildman–Crippen LogP) is 2.19. The van der Waals surface area contributed by atoms with Crippen molar-refractivity contribution in [2.24, 2.45) is 0 Å². The molecule has 16 heavy (non-hydrogen) atoms. The lowest BCUT2D eigenvalue weighted by molar-refractivity contribution is -0.136. The number of rotatable bonds is 0. The quantitative estimate of drug-likeness (QED) is 0.494. The van der Waals surface area contributed by atoms with Gasteiger partial charge in [0.1, 0.15) is 13.7 Å². The maximum Gasteiger partial charge on any atom is 0.417 e. The van der Waals surface area contributed by atoms with Gasteiger partial charge in [-0.2, -0.15) is 13.2 Å². The molecule has 2 radical (unpaired) electrons. The summed E-state index contributed by atoms with van der Waals surface area (Å²) in [5, 5.41) is -0.184. The molecular weight excluding hydrogens is 221 g/mol. The molecule has 1 heterocycles. The van der Waals surface area contributed by atoms with Gasteiger partial charge in [0.15, 0.2) is 0 Å². The molecule has 2 aromatic rings. The number of hydrogen-bond acceptors (Lipinski definition) is 1. The lowest BCUT2D eigenvalue weighted by Gasteiger charge is -2.11. The largest absolute Gasteiger partial charge is 0.417 e. The minimum absolute atomic E-state index is 0.0160. The molecule has 6 heteroatoms. The van der Waals surface area contributed by atoms with Gasteiger partial charge in [-0.15, -0.1) is 0 Å². The van der Waals surface area contributed by atoms with Gasteiger partial charge in [-0.1, -0.05) is 5.46 Å². The Bertz CT molecular complexity index is 550. The van der Waals surface area contributed by atoms with Gasteiger partial charge in [-0.05, 0) is 17.5 Å². The predicted molar refractivity (Wildman–Crippen MR) is 52.1 cm³/mol. The molecule has 80 valence electrons. The van der Waals surface area contributed by atoms with Gasteiger partial charge in [-0.25, -0.2) is 4.39 Å². The average molecular weight is 225 g/mol. The maximum absolute atomic E-state index is 13.0. The van der Waals surface area contributed by atoms with E-state index in [-0.39, 0.29) is 16.2 Å². The van der Waals surface area contributed by atoms with E-state index in [0.29, 0.717) is 6.07 Å². The van der Waals surface area contributed by atoms with Crippen molar-refractivity contribution in [1.29, 1.82) is 0 Å². The van der Waals surface area contributed by atoms with Crippen LogP contribution in [0.25, 0.3) is 10.8 Å². The molecule has 0 saturated carbocycles. The van der Waals surface area contributed by atoms with Crippen LogP contribution in [0.2, 0.25) is 0 Å². The van der Waals surface area contributed by atoms with E-state index in [9.17, 15) is 17.6 Å². The highest BCUT2D eigenvalue weighted by atomic mass is 19.4. The Labute approximate surface area is 89.5 Å². The highest BCUT2D eigenvalue weighted by Gasteiger charge is 2.33. The zero-order valence-electron chi connectivity index (χ0n) is 7.85. The molecular formula is C10H4BF4N. The Balaban J connectivity index is 2.89. The van der Waals surface area contributed by atoms with Crippen molar-refractivity contribution in [3.63, 3.8) is 0 Å². The van der Waals surface area contributed by atoms with Crippen molar-refractivity contribution in [3.8, 4) is 0 Å². The summed E-state index contributed by atoms with van der Waals surface area (Å²) < 4.78 is 50.8. The fraction of sp³-hybridized carbons (Fsp3) is 0.100. The fourth-order valence-corrected chi connectivity index (χ4v) is 1.49. The molecule has 1 aromatic carbocycles. The molecule has 0 aliphatic carbocycles. The first-order chi connectivity index (χ1) is 7.39. The van der Waals surface area contributed by atoms with Crippen LogP contribution < -0.4 is 5.46 Å². The number of nitrogens with zero attached hydrogens (tertiary/aromatic N) is 1. The van der Waals surface area contributed by atoms with Crippen molar-refractivity contribution < 1.29 is 17.6 Å². The summed E-state index contributed by atoms with van der Waals surface area (Å²) in [4.78, 5) is 3.57. The van der Waals surface area contributed by atoms with E-state index in [4.69, 9.17) is 7.85 Å². The monoisotopic (exact) mass is 225 g/mol. The van der Waals surface area contributed by atoms with E-state index in [0.717, 1.165) is 12.3 Å². The van der Waals surface area contributed by atoms with Gasteiger partial charge < -0.3 is 0 Å². The van der Waals surface area contributed by atoms with Crippen molar-refractivity contribution in [3.05, 3.63) is 35.9 Å². The van der Waals surface area contributed by atoms with Gasteiger partial charge in [0.2, 0.25) is 0 Å². The third-order valence-corrected chi connectivity index (χ3v) is 2.18. The van der Waals surface area contributed by atoms with Gasteiger partial charge in [0.25, 0.3) is 0 Å².